The van der Waals surface area contributed by atoms with Crippen LogP contribution in [0.1, 0.15) is 46.0 Å². The zero-order chi connectivity index (χ0) is 9.40. The summed E-state index contributed by atoms with van der Waals surface area (Å²) >= 11 is 5.52. The highest BCUT2D eigenvalue weighted by Crippen LogP contribution is 2.11. The Balaban J connectivity index is 3.13. The predicted octanol–water partition coefficient (Wildman–Crippen LogP) is 3.19. The minimum Gasteiger partial charge on any atom is -0.393 e. The Morgan fingerprint density at radius 3 is 2.17 bits per heavy atom. The molecule has 12 heavy (non-hydrogen) atoms. The molecule has 1 nitrogen and oxygen atoms in total. The number of alkyl halides is 1. The van der Waals surface area contributed by atoms with Crippen molar-refractivity contribution in [3.05, 3.63) is 0 Å². The molecule has 0 fully saturated rings. The average molecular weight is 193 g/mol. The van der Waals surface area contributed by atoms with Crippen molar-refractivity contribution in [3.8, 4) is 0 Å². The second-order valence-corrected chi connectivity index (χ2v) is 4.19. The number of hydrogen-bond acceptors (Lipinski definition) is 1. The van der Waals surface area contributed by atoms with Gasteiger partial charge in [-0.3, -0.25) is 0 Å². The number of aliphatic hydroxyl groups is 1. The van der Waals surface area contributed by atoms with E-state index >= 15 is 0 Å². The first kappa shape index (κ1) is 12.2. The first-order valence-corrected chi connectivity index (χ1v) is 5.44. The minimum atomic E-state index is -0.123. The molecule has 0 saturated heterocycles. The molecule has 0 aliphatic carbocycles. The van der Waals surface area contributed by atoms with Crippen LogP contribution in [0, 0.1) is 5.92 Å². The number of halogens is 1. The highest BCUT2D eigenvalue weighted by Gasteiger charge is 2.03. The molecule has 0 heterocycles. The molecule has 0 spiro atoms. The fraction of sp³-hybridized carbons (Fsp3) is 1.00. The van der Waals surface area contributed by atoms with Gasteiger partial charge in [-0.15, -0.1) is 11.6 Å². The summed E-state index contributed by atoms with van der Waals surface area (Å²) in [6, 6.07) is 0. The summed E-state index contributed by atoms with van der Waals surface area (Å²) in [5, 5.41) is 9.43. The molecule has 0 unspecified atom stereocenters. The van der Waals surface area contributed by atoms with Crippen molar-refractivity contribution in [1.29, 1.82) is 0 Å². The molecule has 0 amide bonds. The van der Waals surface area contributed by atoms with E-state index in [1.54, 1.807) is 0 Å². The van der Waals surface area contributed by atoms with Crippen LogP contribution in [0.15, 0.2) is 0 Å². The van der Waals surface area contributed by atoms with Gasteiger partial charge in [0.1, 0.15) is 0 Å². The largest absolute Gasteiger partial charge is 0.393 e. The molecule has 0 aromatic rings. The molecule has 0 aromatic carbocycles. The van der Waals surface area contributed by atoms with E-state index < -0.39 is 0 Å². The summed E-state index contributed by atoms with van der Waals surface area (Å²) < 4.78 is 0. The summed E-state index contributed by atoms with van der Waals surface area (Å²) in [6.45, 7) is 4.43. The van der Waals surface area contributed by atoms with Crippen molar-refractivity contribution < 1.29 is 5.11 Å². The molecule has 0 aliphatic heterocycles. The molecule has 1 N–H and O–H groups in total. The van der Waals surface area contributed by atoms with Crippen LogP contribution in [0.4, 0.5) is 0 Å². The van der Waals surface area contributed by atoms with Crippen LogP contribution in [-0.2, 0) is 0 Å². The van der Waals surface area contributed by atoms with E-state index in [4.69, 9.17) is 11.6 Å². The third-order valence-corrected chi connectivity index (χ3v) is 2.26. The van der Waals surface area contributed by atoms with Crippen LogP contribution in [0.25, 0.3) is 0 Å². The van der Waals surface area contributed by atoms with Crippen LogP contribution in [0.2, 0.25) is 0 Å². The molecule has 0 rings (SSSR count). The lowest BCUT2D eigenvalue weighted by molar-refractivity contribution is 0.149. The van der Waals surface area contributed by atoms with Crippen molar-refractivity contribution >= 4 is 11.6 Å². The van der Waals surface area contributed by atoms with Gasteiger partial charge < -0.3 is 5.11 Å². The number of rotatable bonds is 7. The van der Waals surface area contributed by atoms with E-state index in [2.05, 4.69) is 13.8 Å². The summed E-state index contributed by atoms with van der Waals surface area (Å²) in [6.07, 6.45) is 4.97. The third-order valence-electron chi connectivity index (χ3n) is 1.99. The van der Waals surface area contributed by atoms with Gasteiger partial charge in [0.05, 0.1) is 6.10 Å². The Hall–Kier alpha value is 0.250. The topological polar surface area (TPSA) is 20.2 Å². The van der Waals surface area contributed by atoms with Gasteiger partial charge >= 0.3 is 0 Å². The van der Waals surface area contributed by atoms with Gasteiger partial charge in [0.25, 0.3) is 0 Å². The number of aliphatic hydroxyl groups excluding tert-OH is 1. The van der Waals surface area contributed by atoms with Gasteiger partial charge in [0.15, 0.2) is 0 Å². The van der Waals surface area contributed by atoms with E-state index in [-0.39, 0.29) is 6.10 Å². The zero-order valence-corrected chi connectivity index (χ0v) is 8.98. The molecule has 2 heteroatoms. The third kappa shape index (κ3) is 8.35. The maximum atomic E-state index is 9.43. The minimum absolute atomic E-state index is 0.123. The highest BCUT2D eigenvalue weighted by atomic mass is 35.5. The van der Waals surface area contributed by atoms with Crippen molar-refractivity contribution in [1.82, 2.24) is 0 Å². The second-order valence-electron chi connectivity index (χ2n) is 3.81. The standard InChI is InChI=1S/C10H21ClO/c1-9(2)5-3-6-10(12)7-4-8-11/h9-10,12H,3-8H2,1-2H3/t10-/m1/s1. The Morgan fingerprint density at radius 1 is 1.08 bits per heavy atom. The maximum absolute atomic E-state index is 9.43. The van der Waals surface area contributed by atoms with Gasteiger partial charge in [-0.25, -0.2) is 0 Å². The smallest absolute Gasteiger partial charge is 0.0540 e. The lowest BCUT2D eigenvalue weighted by Crippen LogP contribution is -2.06. The van der Waals surface area contributed by atoms with E-state index in [1.165, 1.54) is 6.42 Å². The molecule has 0 radical (unpaired) electrons. The van der Waals surface area contributed by atoms with Crippen molar-refractivity contribution in [2.75, 3.05) is 5.88 Å². The Morgan fingerprint density at radius 2 is 1.67 bits per heavy atom. The van der Waals surface area contributed by atoms with Gasteiger partial charge in [0, 0.05) is 5.88 Å². The monoisotopic (exact) mass is 192 g/mol. The van der Waals surface area contributed by atoms with E-state index in [9.17, 15) is 5.11 Å². The molecular formula is C10H21ClO. The van der Waals surface area contributed by atoms with E-state index in [0.29, 0.717) is 5.88 Å². The summed E-state index contributed by atoms with van der Waals surface area (Å²) in [4.78, 5) is 0. The van der Waals surface area contributed by atoms with Crippen molar-refractivity contribution in [3.63, 3.8) is 0 Å². The van der Waals surface area contributed by atoms with Gasteiger partial charge in [-0.1, -0.05) is 26.7 Å². The van der Waals surface area contributed by atoms with Crippen LogP contribution in [0.3, 0.4) is 0 Å². The van der Waals surface area contributed by atoms with Gasteiger partial charge in [-0.05, 0) is 25.2 Å². The molecule has 0 aliphatic rings. The number of hydrogen-bond donors (Lipinski definition) is 1. The van der Waals surface area contributed by atoms with E-state index in [1.807, 2.05) is 0 Å². The highest BCUT2D eigenvalue weighted by molar-refractivity contribution is 6.17. The SMILES string of the molecule is CC(C)CCC[C@@H](O)CCCCl. The lowest BCUT2D eigenvalue weighted by Gasteiger charge is -2.10. The van der Waals surface area contributed by atoms with E-state index in [0.717, 1.165) is 31.6 Å². The maximum Gasteiger partial charge on any atom is 0.0540 e. The molecule has 74 valence electrons. The first-order valence-electron chi connectivity index (χ1n) is 4.90. The van der Waals surface area contributed by atoms with Crippen molar-refractivity contribution in [2.45, 2.75) is 52.1 Å². The summed E-state index contributed by atoms with van der Waals surface area (Å²) in [7, 11) is 0. The molecule has 0 bridgehead atoms. The van der Waals surface area contributed by atoms with Crippen LogP contribution >= 0.6 is 11.6 Å². The second kappa shape index (κ2) is 7.88. The molecule has 1 atom stereocenters. The molecule has 0 saturated carbocycles. The fourth-order valence-corrected chi connectivity index (χ4v) is 1.37. The first-order chi connectivity index (χ1) is 5.66. The van der Waals surface area contributed by atoms with Crippen LogP contribution < -0.4 is 0 Å². The Bertz CT molecular complexity index is 93.8. The normalized spacial score (nSPS) is 13.8. The van der Waals surface area contributed by atoms with Crippen LogP contribution in [-0.4, -0.2) is 17.1 Å². The summed E-state index contributed by atoms with van der Waals surface area (Å²) in [5.74, 6) is 1.42. The predicted molar refractivity (Wildman–Crippen MR) is 54.6 cm³/mol. The van der Waals surface area contributed by atoms with Crippen molar-refractivity contribution in [2.24, 2.45) is 5.92 Å². The average Bonchev–Trinajstić information content (AvgIpc) is 2.00. The Labute approximate surface area is 81.1 Å². The lowest BCUT2D eigenvalue weighted by atomic mass is 10.0. The van der Waals surface area contributed by atoms with Crippen LogP contribution in [0.5, 0.6) is 0 Å². The molecule has 0 aromatic heterocycles. The quantitative estimate of drug-likeness (QED) is 0.615. The Kier molecular flexibility index (Phi) is 8.04. The molecular weight excluding hydrogens is 172 g/mol. The van der Waals surface area contributed by atoms with Gasteiger partial charge in [-0.2, -0.15) is 0 Å². The fourth-order valence-electron chi connectivity index (χ4n) is 1.22. The van der Waals surface area contributed by atoms with Gasteiger partial charge in [0.2, 0.25) is 0 Å². The summed E-state index contributed by atoms with van der Waals surface area (Å²) in [5.41, 5.74) is 0. The zero-order valence-electron chi connectivity index (χ0n) is 8.22.